The van der Waals surface area contributed by atoms with Crippen LogP contribution in [0.4, 0.5) is 24.5 Å². The molecule has 0 unspecified atom stereocenters. The number of H-pyrrole nitrogens is 1. The van der Waals surface area contributed by atoms with E-state index in [-0.39, 0.29) is 35.5 Å². The summed E-state index contributed by atoms with van der Waals surface area (Å²) in [7, 11) is 1.71. The number of aromatic amines is 1. The van der Waals surface area contributed by atoms with Crippen molar-refractivity contribution in [2.24, 2.45) is 13.0 Å². The lowest BCUT2D eigenvalue weighted by Gasteiger charge is -2.28. The number of aromatic nitrogens is 4. The van der Waals surface area contributed by atoms with Gasteiger partial charge in [-0.25, -0.2) is 9.83 Å². The monoisotopic (exact) mass is 606 g/mol. The summed E-state index contributed by atoms with van der Waals surface area (Å²) in [6.45, 7) is 13.3. The van der Waals surface area contributed by atoms with Gasteiger partial charge in [-0.1, -0.05) is 32.4 Å². The molecule has 0 aliphatic carbocycles. The van der Waals surface area contributed by atoms with Crippen molar-refractivity contribution in [3.05, 3.63) is 75.0 Å². The molecular formula is C32H33F3N6O3. The number of hydrogen-bond acceptors (Lipinski definition) is 5. The third-order valence-corrected chi connectivity index (χ3v) is 8.03. The highest BCUT2D eigenvalue weighted by Crippen LogP contribution is 2.42. The smallest absolute Gasteiger partial charge is 0.407 e. The average molecular weight is 607 g/mol. The van der Waals surface area contributed by atoms with Crippen LogP contribution in [0.1, 0.15) is 56.9 Å². The Balaban J connectivity index is 1.51. The van der Waals surface area contributed by atoms with Gasteiger partial charge in [0, 0.05) is 25.2 Å². The number of aryl methyl sites for hydroxylation is 2. The highest BCUT2D eigenvalue weighted by atomic mass is 19.4. The molecule has 1 fully saturated rings. The number of carbonyl (C=O) groups excluding carboxylic acids is 1. The number of halogens is 3. The standard InChI is InChI=1S/C32H33F3N6O3/c1-6-9-24-28-29(40(5)39-24)31(43)38-30(37-28)21-15-18(10-13-26(21)44-8-3)14-19-16-27(42)41(25(19)7-2)20-11-12-23(36-4)22(17-20)32(33,34)35/h10-13,15,17,19,25H,6-9,14,16H2,1-3,5H3,(H,37,38,43)/t19-,25+/m1/s1. The lowest BCUT2D eigenvalue weighted by Crippen LogP contribution is -2.35. The number of benzene rings is 2. The van der Waals surface area contributed by atoms with Gasteiger partial charge in [0.25, 0.3) is 5.56 Å². The summed E-state index contributed by atoms with van der Waals surface area (Å²) >= 11 is 0. The third kappa shape index (κ3) is 5.66. The Kier molecular flexibility index (Phi) is 8.50. The van der Waals surface area contributed by atoms with Crippen LogP contribution in [0.5, 0.6) is 5.75 Å². The molecule has 0 spiro atoms. The number of amides is 1. The lowest BCUT2D eigenvalue weighted by molar-refractivity contribution is -0.136. The molecule has 12 heteroatoms. The van der Waals surface area contributed by atoms with Crippen molar-refractivity contribution in [1.82, 2.24) is 19.7 Å². The van der Waals surface area contributed by atoms with Gasteiger partial charge in [0.1, 0.15) is 17.1 Å². The molecule has 1 saturated heterocycles. The van der Waals surface area contributed by atoms with Crippen LogP contribution in [0, 0.1) is 12.5 Å². The second-order valence-electron chi connectivity index (χ2n) is 10.9. The molecule has 9 nitrogen and oxygen atoms in total. The van der Waals surface area contributed by atoms with Crippen LogP contribution in [0.3, 0.4) is 0 Å². The summed E-state index contributed by atoms with van der Waals surface area (Å²) in [5.41, 5.74) is 1.37. The second kappa shape index (κ2) is 12.1. The van der Waals surface area contributed by atoms with Gasteiger partial charge in [0.15, 0.2) is 11.2 Å². The molecule has 2 atom stereocenters. The summed E-state index contributed by atoms with van der Waals surface area (Å²) < 4.78 is 48.5. The molecule has 2 aromatic carbocycles. The molecule has 230 valence electrons. The van der Waals surface area contributed by atoms with Crippen molar-refractivity contribution >= 4 is 28.3 Å². The van der Waals surface area contributed by atoms with Gasteiger partial charge < -0.3 is 14.6 Å². The van der Waals surface area contributed by atoms with Gasteiger partial charge in [0.2, 0.25) is 5.91 Å². The number of anilines is 1. The molecule has 1 N–H and O–H groups in total. The maximum Gasteiger partial charge on any atom is 0.407 e. The summed E-state index contributed by atoms with van der Waals surface area (Å²) in [5, 5.41) is 4.49. The minimum atomic E-state index is -4.72. The van der Waals surface area contributed by atoms with Crippen LogP contribution in [0.2, 0.25) is 0 Å². The van der Waals surface area contributed by atoms with Gasteiger partial charge in [-0.05, 0) is 61.9 Å². The number of fused-ring (bicyclic) bond motifs is 1. The van der Waals surface area contributed by atoms with Crippen LogP contribution in [0.15, 0.2) is 41.2 Å². The maximum absolute atomic E-state index is 13.7. The second-order valence-corrected chi connectivity index (χ2v) is 10.9. The zero-order valence-corrected chi connectivity index (χ0v) is 25.0. The van der Waals surface area contributed by atoms with Gasteiger partial charge in [-0.2, -0.15) is 18.3 Å². The molecule has 3 heterocycles. The van der Waals surface area contributed by atoms with Crippen molar-refractivity contribution in [2.45, 2.75) is 65.1 Å². The van der Waals surface area contributed by atoms with E-state index in [1.54, 1.807) is 7.05 Å². The molecule has 0 saturated carbocycles. The van der Waals surface area contributed by atoms with Crippen molar-refractivity contribution in [3.63, 3.8) is 0 Å². The van der Waals surface area contributed by atoms with E-state index in [0.717, 1.165) is 29.8 Å². The van der Waals surface area contributed by atoms with Gasteiger partial charge in [0.05, 0.1) is 30.0 Å². The summed E-state index contributed by atoms with van der Waals surface area (Å²) in [6.07, 6.45) is -2.06. The fourth-order valence-electron chi connectivity index (χ4n) is 6.17. The molecule has 5 rings (SSSR count). The van der Waals surface area contributed by atoms with E-state index in [4.69, 9.17) is 16.3 Å². The fraction of sp³-hybridized carbons (Fsp3) is 0.406. The Hall–Kier alpha value is -4.66. The van der Waals surface area contributed by atoms with Gasteiger partial charge >= 0.3 is 6.18 Å². The zero-order valence-electron chi connectivity index (χ0n) is 25.0. The van der Waals surface area contributed by atoms with E-state index in [0.29, 0.717) is 54.0 Å². The van der Waals surface area contributed by atoms with E-state index in [1.807, 2.05) is 39.0 Å². The summed E-state index contributed by atoms with van der Waals surface area (Å²) in [4.78, 5) is 38.5. The summed E-state index contributed by atoms with van der Waals surface area (Å²) in [5.74, 6) is 0.426. The van der Waals surface area contributed by atoms with Crippen molar-refractivity contribution in [3.8, 4) is 17.1 Å². The number of nitrogens with zero attached hydrogens (tertiary/aromatic N) is 5. The van der Waals surface area contributed by atoms with Crippen molar-refractivity contribution in [2.75, 3.05) is 11.5 Å². The third-order valence-electron chi connectivity index (χ3n) is 8.03. The normalized spacial score (nSPS) is 17.0. The highest BCUT2D eigenvalue weighted by molar-refractivity contribution is 5.97. The molecular weight excluding hydrogens is 573 g/mol. The fourth-order valence-corrected chi connectivity index (χ4v) is 6.17. The first-order valence-electron chi connectivity index (χ1n) is 14.6. The SMILES string of the molecule is [C-]#[N+]c1ccc(N2C(=O)C[C@@H](Cc3ccc(OCC)c(-c4nc5c(CCC)nn(C)c5c(=O)[nH]4)c3)[C@@H]2CC)cc1C(F)(F)F. The molecule has 1 aliphatic heterocycles. The van der Waals surface area contributed by atoms with Crippen molar-refractivity contribution in [1.29, 1.82) is 0 Å². The van der Waals surface area contributed by atoms with Crippen LogP contribution in [-0.4, -0.2) is 38.3 Å². The van der Waals surface area contributed by atoms with E-state index < -0.39 is 17.4 Å². The van der Waals surface area contributed by atoms with E-state index >= 15 is 0 Å². The van der Waals surface area contributed by atoms with Gasteiger partial charge in [-0.15, -0.1) is 0 Å². The number of rotatable bonds is 9. The molecule has 44 heavy (non-hydrogen) atoms. The molecule has 1 amide bonds. The molecule has 0 bridgehead atoms. The van der Waals surface area contributed by atoms with Crippen LogP contribution in [0.25, 0.3) is 27.3 Å². The highest BCUT2D eigenvalue weighted by Gasteiger charge is 2.41. The largest absolute Gasteiger partial charge is 0.493 e. The predicted octanol–water partition coefficient (Wildman–Crippen LogP) is 6.62. The predicted molar refractivity (Wildman–Crippen MR) is 161 cm³/mol. The quantitative estimate of drug-likeness (QED) is 0.216. The lowest BCUT2D eigenvalue weighted by atomic mass is 9.90. The van der Waals surface area contributed by atoms with Crippen LogP contribution >= 0.6 is 0 Å². The molecule has 0 radical (unpaired) electrons. The average Bonchev–Trinajstić information content (AvgIpc) is 3.48. The number of nitrogens with one attached hydrogen (secondary N) is 1. The number of ether oxygens (including phenoxy) is 1. The van der Waals surface area contributed by atoms with E-state index in [9.17, 15) is 22.8 Å². The number of hydrogen-bond donors (Lipinski definition) is 1. The first kappa shape index (κ1) is 30.8. The Morgan fingerprint density at radius 2 is 1.91 bits per heavy atom. The van der Waals surface area contributed by atoms with E-state index in [1.165, 1.54) is 15.6 Å². The Bertz CT molecular complexity index is 1820. The molecule has 1 aliphatic rings. The Labute approximate surface area is 252 Å². The number of carbonyl (C=O) groups is 1. The van der Waals surface area contributed by atoms with Gasteiger partial charge in [-0.3, -0.25) is 14.3 Å². The molecule has 2 aromatic heterocycles. The summed E-state index contributed by atoms with van der Waals surface area (Å²) in [6, 6.07) is 8.66. The van der Waals surface area contributed by atoms with Crippen LogP contribution < -0.4 is 15.2 Å². The van der Waals surface area contributed by atoms with Crippen molar-refractivity contribution < 1.29 is 22.7 Å². The Morgan fingerprint density at radius 1 is 1.14 bits per heavy atom. The minimum absolute atomic E-state index is 0.130. The topological polar surface area (TPSA) is 97.5 Å². The van der Waals surface area contributed by atoms with Crippen LogP contribution in [-0.2, 0) is 30.9 Å². The first-order valence-corrected chi connectivity index (χ1v) is 14.6. The Morgan fingerprint density at radius 3 is 2.57 bits per heavy atom. The molecule has 4 aromatic rings. The number of alkyl halides is 3. The minimum Gasteiger partial charge on any atom is -0.493 e. The zero-order chi connectivity index (χ0) is 31.8. The first-order chi connectivity index (χ1) is 21.0. The maximum atomic E-state index is 13.7. The van der Waals surface area contributed by atoms with E-state index in [2.05, 4.69) is 14.9 Å².